The van der Waals surface area contributed by atoms with Crippen molar-refractivity contribution >= 4 is 29.1 Å². The maximum absolute atomic E-state index is 14.5. The van der Waals surface area contributed by atoms with Crippen LogP contribution in [0.15, 0.2) is 66.7 Å². The Bertz CT molecular complexity index is 1930. The van der Waals surface area contributed by atoms with Gasteiger partial charge in [0.25, 0.3) is 5.91 Å². The normalized spacial score (nSPS) is 25.0. The highest BCUT2D eigenvalue weighted by Crippen LogP contribution is 2.61. The van der Waals surface area contributed by atoms with Crippen LogP contribution >= 0.6 is 11.6 Å². The third-order valence-electron chi connectivity index (χ3n) is 13.9. The number of methoxy groups -OCH3 is 1. The third kappa shape index (κ3) is 10.9. The van der Waals surface area contributed by atoms with Crippen LogP contribution in [0, 0.1) is 35.0 Å². The smallest absolute Gasteiger partial charge is 0.251 e. The first-order valence-electron chi connectivity index (χ1n) is 22.3. The van der Waals surface area contributed by atoms with Crippen molar-refractivity contribution in [2.45, 2.75) is 84.7 Å². The Morgan fingerprint density at radius 3 is 2.43 bits per heavy atom. The molecule has 7 rings (SSSR count). The molecule has 8 atom stereocenters. The highest BCUT2D eigenvalue weighted by Gasteiger charge is 2.57. The SMILES string of the molecule is COc1c(CN2O[C@@H](CO)[C@H](C(C)C)[C@H]2C(=O)N[C@H]2C[C@H]3C[C@@H]([C@@H]2C)C3(C)C)cccc1-c1cc(NCCN(C)CCCl)cc(C(=O)N[C@@H](Cc2ccccc2)CN(C)C)c1. The van der Waals surface area contributed by atoms with E-state index in [1.165, 1.54) is 6.42 Å². The number of alkyl halides is 1. The van der Waals surface area contributed by atoms with E-state index in [9.17, 15) is 14.7 Å². The molecular weight excluding hydrogens is 788 g/mol. The van der Waals surface area contributed by atoms with E-state index in [2.05, 4.69) is 78.6 Å². The van der Waals surface area contributed by atoms with Crippen LogP contribution in [-0.4, -0.2) is 123 Å². The van der Waals surface area contributed by atoms with Crippen LogP contribution in [0.3, 0.4) is 0 Å². The maximum atomic E-state index is 14.5. The fourth-order valence-electron chi connectivity index (χ4n) is 10.5. The highest BCUT2D eigenvalue weighted by molar-refractivity contribution is 6.18. The molecule has 1 aliphatic heterocycles. The van der Waals surface area contributed by atoms with Gasteiger partial charge in [0.2, 0.25) is 5.91 Å². The number of aliphatic hydroxyl groups is 1. The number of hydrogen-bond donors (Lipinski definition) is 4. The molecule has 61 heavy (non-hydrogen) atoms. The van der Waals surface area contributed by atoms with Gasteiger partial charge in [0.15, 0.2) is 0 Å². The predicted octanol–water partition coefficient (Wildman–Crippen LogP) is 6.78. The van der Waals surface area contributed by atoms with Gasteiger partial charge < -0.3 is 35.6 Å². The molecule has 2 bridgehead atoms. The van der Waals surface area contributed by atoms with Crippen molar-refractivity contribution in [1.29, 1.82) is 0 Å². The summed E-state index contributed by atoms with van der Waals surface area (Å²) in [7, 11) is 7.72. The maximum Gasteiger partial charge on any atom is 0.251 e. The van der Waals surface area contributed by atoms with E-state index in [0.29, 0.717) is 59.9 Å². The lowest BCUT2D eigenvalue weighted by atomic mass is 9.45. The van der Waals surface area contributed by atoms with Crippen LogP contribution in [0.2, 0.25) is 0 Å². The van der Waals surface area contributed by atoms with Crippen LogP contribution in [0.1, 0.15) is 68.9 Å². The molecule has 0 aromatic heterocycles. The second kappa shape index (κ2) is 20.6. The van der Waals surface area contributed by atoms with E-state index in [4.69, 9.17) is 21.2 Å². The fraction of sp³-hybridized carbons (Fsp3) is 0.592. The number of carbonyl (C=O) groups is 2. The van der Waals surface area contributed by atoms with E-state index < -0.39 is 12.1 Å². The lowest BCUT2D eigenvalue weighted by Gasteiger charge is -2.62. The second-order valence-electron chi connectivity index (χ2n) is 19.1. The van der Waals surface area contributed by atoms with Gasteiger partial charge >= 0.3 is 0 Å². The molecular formula is C49H71ClN6O5. The number of nitrogens with zero attached hydrogens (tertiary/aromatic N) is 3. The summed E-state index contributed by atoms with van der Waals surface area (Å²) in [6.45, 7) is 14.2. The van der Waals surface area contributed by atoms with Gasteiger partial charge in [0.05, 0.1) is 20.3 Å². The molecule has 0 spiro atoms. The van der Waals surface area contributed by atoms with Crippen molar-refractivity contribution < 1.29 is 24.3 Å². The largest absolute Gasteiger partial charge is 0.496 e. The number of halogens is 1. The molecule has 4 N–H and O–H groups in total. The van der Waals surface area contributed by atoms with Crippen LogP contribution in [0.4, 0.5) is 5.69 Å². The second-order valence-corrected chi connectivity index (χ2v) is 19.5. The van der Waals surface area contributed by atoms with Gasteiger partial charge in [-0.05, 0) is 98.8 Å². The first-order valence-corrected chi connectivity index (χ1v) is 22.8. The molecule has 334 valence electrons. The lowest BCUT2D eigenvalue weighted by Crippen LogP contribution is -2.62. The molecule has 0 unspecified atom stereocenters. The number of rotatable bonds is 20. The van der Waals surface area contributed by atoms with E-state index in [1.807, 2.05) is 69.7 Å². The van der Waals surface area contributed by atoms with Crippen molar-refractivity contribution in [3.05, 3.63) is 83.4 Å². The Morgan fingerprint density at radius 1 is 1.03 bits per heavy atom. The molecule has 4 aliphatic rings. The fourth-order valence-corrected chi connectivity index (χ4v) is 10.8. The number of amides is 2. The molecule has 3 aromatic carbocycles. The third-order valence-corrected chi connectivity index (χ3v) is 14.1. The summed E-state index contributed by atoms with van der Waals surface area (Å²) >= 11 is 6.01. The van der Waals surface area contributed by atoms with E-state index in [-0.39, 0.29) is 48.9 Å². The molecule has 11 nitrogen and oxygen atoms in total. The Labute approximate surface area is 369 Å². The van der Waals surface area contributed by atoms with Crippen molar-refractivity contribution in [3.8, 4) is 16.9 Å². The van der Waals surface area contributed by atoms with Gasteiger partial charge in [-0.15, -0.1) is 11.6 Å². The quantitative estimate of drug-likeness (QED) is 0.0913. The van der Waals surface area contributed by atoms with E-state index in [1.54, 1.807) is 12.2 Å². The highest BCUT2D eigenvalue weighted by atomic mass is 35.5. The number of anilines is 1. The number of nitrogens with one attached hydrogen (secondary N) is 3. The van der Waals surface area contributed by atoms with Crippen molar-refractivity contribution in [1.82, 2.24) is 25.5 Å². The summed E-state index contributed by atoms with van der Waals surface area (Å²) < 4.78 is 6.21. The van der Waals surface area contributed by atoms with Crippen molar-refractivity contribution in [2.75, 3.05) is 72.2 Å². The molecule has 12 heteroatoms. The predicted molar refractivity (Wildman–Crippen MR) is 246 cm³/mol. The average Bonchev–Trinajstić information content (AvgIpc) is 3.60. The van der Waals surface area contributed by atoms with Gasteiger partial charge in [-0.3, -0.25) is 14.4 Å². The number of hydrogen-bond acceptors (Lipinski definition) is 9. The Kier molecular flexibility index (Phi) is 15.8. The Balaban J connectivity index is 1.30. The van der Waals surface area contributed by atoms with Gasteiger partial charge in [-0.1, -0.05) is 83.1 Å². The Morgan fingerprint density at radius 2 is 1.79 bits per heavy atom. The molecule has 2 amide bonds. The molecule has 0 radical (unpaired) electrons. The minimum Gasteiger partial charge on any atom is -0.496 e. The van der Waals surface area contributed by atoms with Crippen LogP contribution in [0.5, 0.6) is 5.75 Å². The molecule has 3 aliphatic carbocycles. The topological polar surface area (TPSA) is 119 Å². The molecule has 1 saturated heterocycles. The zero-order chi connectivity index (χ0) is 44.0. The zero-order valence-corrected chi connectivity index (χ0v) is 38.7. The minimum atomic E-state index is -0.602. The number of likely N-dealkylation sites (N-methyl/N-ethyl adjacent to an activating group) is 2. The van der Waals surface area contributed by atoms with Gasteiger partial charge in [0.1, 0.15) is 17.9 Å². The summed E-state index contributed by atoms with van der Waals surface area (Å²) in [6.07, 6.45) is 2.39. The molecule has 3 aromatic rings. The molecule has 1 heterocycles. The average molecular weight is 860 g/mol. The summed E-state index contributed by atoms with van der Waals surface area (Å²) in [6, 6.07) is 21.5. The summed E-state index contributed by atoms with van der Waals surface area (Å²) in [5, 5.41) is 22.7. The van der Waals surface area contributed by atoms with Gasteiger partial charge in [-0.2, -0.15) is 5.06 Å². The lowest BCUT2D eigenvalue weighted by molar-refractivity contribution is -0.183. The zero-order valence-electron chi connectivity index (χ0n) is 37.9. The van der Waals surface area contributed by atoms with Crippen LogP contribution in [0.25, 0.3) is 11.1 Å². The summed E-state index contributed by atoms with van der Waals surface area (Å²) in [5.41, 5.74) is 5.26. The van der Waals surface area contributed by atoms with Crippen LogP contribution < -0.4 is 20.7 Å². The standard InChI is InChI=1S/C49H71ClN6O5/c1-31(2)44-43(30-57)61-56(45(44)48(59)53-42-27-37-26-41(32(42)3)49(37,4)5)28-34-16-13-17-40(46(34)60-9)35-23-36(25-38(24-35)51-19-21-55(8)20-18-50)47(58)52-39(29-54(6)7)22-33-14-11-10-12-15-33/h10-17,23-25,31-32,37,39,41-45,51,57H,18-22,26-30H2,1-9H3,(H,52,58)(H,53,59)/t32-,37+,39-,41-,42-,43-,44-,45-/m0/s1. The summed E-state index contributed by atoms with van der Waals surface area (Å²) in [4.78, 5) is 39.5. The number of ether oxygens (including phenoxy) is 1. The van der Waals surface area contributed by atoms with Crippen LogP contribution in [-0.2, 0) is 22.6 Å². The summed E-state index contributed by atoms with van der Waals surface area (Å²) in [5.74, 6) is 2.43. The van der Waals surface area contributed by atoms with E-state index >= 15 is 0 Å². The molecule has 3 saturated carbocycles. The van der Waals surface area contributed by atoms with E-state index in [0.717, 1.165) is 47.5 Å². The number of aliphatic hydroxyl groups excluding tert-OH is 1. The number of fused-ring (bicyclic) bond motifs is 2. The minimum absolute atomic E-state index is 0.0494. The number of hydroxylamine groups is 2. The van der Waals surface area contributed by atoms with Gasteiger partial charge in [-0.25, -0.2) is 0 Å². The number of carbonyl (C=O) groups excluding carboxylic acids is 2. The van der Waals surface area contributed by atoms with Crippen molar-refractivity contribution in [2.24, 2.45) is 35.0 Å². The molecule has 4 fully saturated rings. The first kappa shape index (κ1) is 46.8. The Hall–Kier alpha value is -3.71. The monoisotopic (exact) mass is 859 g/mol. The number of benzene rings is 3. The van der Waals surface area contributed by atoms with Gasteiger partial charge in [0, 0.05) is 72.4 Å². The number of para-hydroxylation sites is 1. The van der Waals surface area contributed by atoms with Crippen molar-refractivity contribution in [3.63, 3.8) is 0 Å². The first-order chi connectivity index (χ1) is 29.1.